The molecule has 0 heterocycles. The van der Waals surface area contributed by atoms with Crippen LogP contribution in [0, 0.1) is 29.5 Å². The van der Waals surface area contributed by atoms with Crippen LogP contribution in [-0.2, 0) is 20.9 Å². The van der Waals surface area contributed by atoms with Crippen molar-refractivity contribution in [1.82, 2.24) is 0 Å². The quantitative estimate of drug-likeness (QED) is 0.239. The first-order chi connectivity index (χ1) is 16.5. The Morgan fingerprint density at radius 2 is 1.44 bits per heavy atom. The molecule has 0 spiro atoms. The molecule has 0 amide bonds. The molecule has 4 nitrogen and oxygen atoms in total. The van der Waals surface area contributed by atoms with E-state index in [4.69, 9.17) is 9.47 Å². The van der Waals surface area contributed by atoms with Crippen molar-refractivity contribution in [2.24, 2.45) is 0 Å². The lowest BCUT2D eigenvalue weighted by Gasteiger charge is -2.02. The van der Waals surface area contributed by atoms with E-state index in [0.717, 1.165) is 17.7 Å². The van der Waals surface area contributed by atoms with Crippen molar-refractivity contribution in [1.29, 1.82) is 0 Å². The van der Waals surface area contributed by atoms with Gasteiger partial charge >= 0.3 is 11.9 Å². The highest BCUT2D eigenvalue weighted by Crippen LogP contribution is 2.14. The molecule has 0 unspecified atom stereocenters. The van der Waals surface area contributed by atoms with Crippen molar-refractivity contribution in [3.05, 3.63) is 126 Å². The Morgan fingerprint density at radius 1 is 0.794 bits per heavy atom. The number of halogens is 1. The Kier molecular flexibility index (Phi) is 8.16. The fraction of sp³-hybridized carbons (Fsp3) is 0.0345. The van der Waals surface area contributed by atoms with Crippen LogP contribution in [0.4, 0.5) is 4.39 Å². The molecule has 34 heavy (non-hydrogen) atoms. The maximum atomic E-state index is 14.5. The van der Waals surface area contributed by atoms with Gasteiger partial charge in [0, 0.05) is 28.8 Å². The second-order valence-electron chi connectivity index (χ2n) is 6.86. The molecule has 0 aliphatic heterocycles. The Morgan fingerprint density at radius 3 is 2.15 bits per heavy atom. The number of benzene rings is 3. The van der Waals surface area contributed by atoms with E-state index in [1.807, 2.05) is 0 Å². The van der Waals surface area contributed by atoms with Gasteiger partial charge in [-0.1, -0.05) is 55.0 Å². The Bertz CT molecular complexity index is 1380. The third-order valence-corrected chi connectivity index (χ3v) is 4.36. The molecule has 3 rings (SSSR count). The first-order valence-corrected chi connectivity index (χ1v) is 10.1. The predicted octanol–water partition coefficient (Wildman–Crippen LogP) is 4.95. The first-order valence-electron chi connectivity index (χ1n) is 10.1. The molecule has 0 saturated heterocycles. The van der Waals surface area contributed by atoms with Gasteiger partial charge in [0.15, 0.2) is 0 Å². The SMILES string of the molecule is C=CC(=O)OCc1cccc(C#Cc2ccc(C#Cc3cccc(OC(=O)C=C)c3)cc2F)c1. The van der Waals surface area contributed by atoms with Gasteiger partial charge in [-0.15, -0.1) is 0 Å². The number of carbonyl (C=O) groups excluding carboxylic acids is 2. The van der Waals surface area contributed by atoms with Gasteiger partial charge in [-0.3, -0.25) is 0 Å². The van der Waals surface area contributed by atoms with E-state index in [1.165, 1.54) is 6.07 Å². The maximum absolute atomic E-state index is 14.5. The van der Waals surface area contributed by atoms with Gasteiger partial charge in [0.05, 0.1) is 5.56 Å². The fourth-order valence-corrected chi connectivity index (χ4v) is 2.73. The molecule has 3 aromatic carbocycles. The summed E-state index contributed by atoms with van der Waals surface area (Å²) in [6.45, 7) is 6.80. The summed E-state index contributed by atoms with van der Waals surface area (Å²) < 4.78 is 24.6. The average Bonchev–Trinajstić information content (AvgIpc) is 2.85. The lowest BCUT2D eigenvalue weighted by atomic mass is 10.1. The largest absolute Gasteiger partial charge is 0.458 e. The summed E-state index contributed by atoms with van der Waals surface area (Å²) in [6, 6.07) is 18.4. The molecule has 0 saturated carbocycles. The van der Waals surface area contributed by atoms with E-state index in [-0.39, 0.29) is 12.2 Å². The van der Waals surface area contributed by atoms with E-state index >= 15 is 0 Å². The van der Waals surface area contributed by atoms with E-state index in [2.05, 4.69) is 36.8 Å². The summed E-state index contributed by atoms with van der Waals surface area (Å²) >= 11 is 0. The van der Waals surface area contributed by atoms with Crippen LogP contribution in [0.3, 0.4) is 0 Å². The van der Waals surface area contributed by atoms with E-state index in [0.29, 0.717) is 22.4 Å². The smallest absolute Gasteiger partial charge is 0.335 e. The van der Waals surface area contributed by atoms with Crippen molar-refractivity contribution in [3.8, 4) is 29.4 Å². The Labute approximate surface area is 197 Å². The minimum Gasteiger partial charge on any atom is -0.458 e. The van der Waals surface area contributed by atoms with Gasteiger partial charge in [-0.05, 0) is 54.1 Å². The fourth-order valence-electron chi connectivity index (χ4n) is 2.73. The van der Waals surface area contributed by atoms with Crippen LogP contribution in [0.2, 0.25) is 0 Å². The highest BCUT2D eigenvalue weighted by Gasteiger charge is 2.02. The Balaban J connectivity index is 1.72. The normalized spacial score (nSPS) is 9.44. The number of ether oxygens (including phenoxy) is 2. The van der Waals surface area contributed by atoms with E-state index < -0.39 is 17.8 Å². The summed E-state index contributed by atoms with van der Waals surface area (Å²) in [5, 5.41) is 0. The molecule has 166 valence electrons. The van der Waals surface area contributed by atoms with Gasteiger partial charge in [0.25, 0.3) is 0 Å². The maximum Gasteiger partial charge on any atom is 0.335 e. The third kappa shape index (κ3) is 7.09. The number of esters is 2. The van der Waals surface area contributed by atoms with E-state index in [1.54, 1.807) is 60.7 Å². The number of hydrogen-bond acceptors (Lipinski definition) is 4. The second-order valence-corrected chi connectivity index (χ2v) is 6.86. The zero-order chi connectivity index (χ0) is 24.3. The van der Waals surface area contributed by atoms with Crippen molar-refractivity contribution in [2.45, 2.75) is 6.61 Å². The molecule has 0 fully saturated rings. The molecule has 3 aromatic rings. The van der Waals surface area contributed by atoms with Crippen LogP contribution >= 0.6 is 0 Å². The molecule has 0 aliphatic carbocycles. The van der Waals surface area contributed by atoms with Gasteiger partial charge in [-0.2, -0.15) is 0 Å². The zero-order valence-corrected chi connectivity index (χ0v) is 18.1. The highest BCUT2D eigenvalue weighted by atomic mass is 19.1. The van der Waals surface area contributed by atoms with Crippen molar-refractivity contribution < 1.29 is 23.5 Å². The zero-order valence-electron chi connectivity index (χ0n) is 18.1. The lowest BCUT2D eigenvalue weighted by Crippen LogP contribution is -2.02. The van der Waals surface area contributed by atoms with Crippen LogP contribution in [0.1, 0.15) is 27.8 Å². The topological polar surface area (TPSA) is 52.6 Å². The monoisotopic (exact) mass is 450 g/mol. The molecular formula is C29H19FO4. The van der Waals surface area contributed by atoms with Gasteiger partial charge in [0.2, 0.25) is 0 Å². The Hall–Kier alpha value is -4.87. The molecule has 0 aromatic heterocycles. The van der Waals surface area contributed by atoms with Crippen LogP contribution in [-0.4, -0.2) is 11.9 Å². The molecule has 0 atom stereocenters. The minimum atomic E-state index is -0.563. The van der Waals surface area contributed by atoms with Gasteiger partial charge in [0.1, 0.15) is 18.2 Å². The molecule has 0 N–H and O–H groups in total. The predicted molar refractivity (Wildman–Crippen MR) is 127 cm³/mol. The summed E-state index contributed by atoms with van der Waals surface area (Å²) in [6.07, 6.45) is 2.17. The summed E-state index contributed by atoms with van der Waals surface area (Å²) in [4.78, 5) is 22.5. The number of rotatable bonds is 5. The van der Waals surface area contributed by atoms with E-state index in [9.17, 15) is 14.0 Å². The van der Waals surface area contributed by atoms with Crippen LogP contribution in [0.25, 0.3) is 0 Å². The standard InChI is InChI=1S/C29H19FO4/c1-3-28(31)33-20-24-9-5-7-21(17-24)13-15-25-16-14-23(19-27(25)30)12-11-22-8-6-10-26(18-22)34-29(32)4-2/h3-10,14,16-19H,1-2,20H2. The van der Waals surface area contributed by atoms with Crippen LogP contribution in [0.5, 0.6) is 5.75 Å². The molecule has 5 heteroatoms. The molecular weight excluding hydrogens is 431 g/mol. The first kappa shape index (κ1) is 23.8. The van der Waals surface area contributed by atoms with Crippen LogP contribution in [0.15, 0.2) is 92.0 Å². The molecule has 0 bridgehead atoms. The van der Waals surface area contributed by atoms with Crippen LogP contribution < -0.4 is 4.74 Å². The van der Waals surface area contributed by atoms with Crippen molar-refractivity contribution in [2.75, 3.05) is 0 Å². The summed E-state index contributed by atoms with van der Waals surface area (Å²) in [7, 11) is 0. The summed E-state index contributed by atoms with van der Waals surface area (Å²) in [5.41, 5.74) is 2.73. The lowest BCUT2D eigenvalue weighted by molar-refractivity contribution is -0.139. The van der Waals surface area contributed by atoms with Gasteiger partial charge < -0.3 is 9.47 Å². The molecule has 0 aliphatic rings. The second kappa shape index (κ2) is 11.7. The summed E-state index contributed by atoms with van der Waals surface area (Å²) in [5.74, 6) is 10.3. The van der Waals surface area contributed by atoms with Gasteiger partial charge in [-0.25, -0.2) is 14.0 Å². The minimum absolute atomic E-state index is 0.0989. The third-order valence-electron chi connectivity index (χ3n) is 4.36. The highest BCUT2D eigenvalue weighted by molar-refractivity contribution is 5.83. The van der Waals surface area contributed by atoms with Crippen molar-refractivity contribution in [3.63, 3.8) is 0 Å². The number of hydrogen-bond donors (Lipinski definition) is 0. The average molecular weight is 450 g/mol. The number of carbonyl (C=O) groups is 2. The van der Waals surface area contributed by atoms with Crippen molar-refractivity contribution >= 4 is 11.9 Å². The molecule has 0 radical (unpaired) electrons.